The molecule has 4 heteroatoms. The van der Waals surface area contributed by atoms with Gasteiger partial charge >= 0.3 is 0 Å². The highest BCUT2D eigenvalue weighted by atomic mass is 14.9. The molecule has 2 aromatic carbocycles. The first-order valence-corrected chi connectivity index (χ1v) is 7.05. The number of hydrogen-bond acceptors (Lipinski definition) is 3. The zero-order chi connectivity index (χ0) is 14.9. The van der Waals surface area contributed by atoms with E-state index in [2.05, 4.69) is 51.4 Å². The van der Waals surface area contributed by atoms with Crippen molar-refractivity contribution in [2.45, 2.75) is 0 Å². The average Bonchev–Trinajstić information content (AvgIpc) is 3.04. The van der Waals surface area contributed by atoms with Crippen molar-refractivity contribution in [1.29, 1.82) is 0 Å². The van der Waals surface area contributed by atoms with Gasteiger partial charge in [0.25, 0.3) is 0 Å². The summed E-state index contributed by atoms with van der Waals surface area (Å²) in [4.78, 5) is 11.4. The number of para-hydroxylation sites is 1. The van der Waals surface area contributed by atoms with Crippen molar-refractivity contribution in [3.63, 3.8) is 0 Å². The van der Waals surface area contributed by atoms with Crippen molar-refractivity contribution >= 4 is 16.7 Å². The van der Waals surface area contributed by atoms with Crippen LogP contribution in [-0.4, -0.2) is 15.0 Å². The summed E-state index contributed by atoms with van der Waals surface area (Å²) in [6.45, 7) is 0. The molecule has 0 bridgehead atoms. The number of hydrogen-bond donors (Lipinski definition) is 2. The first-order chi connectivity index (χ1) is 10.8. The van der Waals surface area contributed by atoms with Crippen LogP contribution in [-0.2, 0) is 0 Å². The van der Waals surface area contributed by atoms with E-state index in [1.165, 1.54) is 17.3 Å². The molecule has 0 fully saturated rings. The Balaban J connectivity index is 1.79. The Kier molecular flexibility index (Phi) is 2.86. The van der Waals surface area contributed by atoms with Gasteiger partial charge in [0, 0.05) is 23.5 Å². The maximum Gasteiger partial charge on any atom is 0.134 e. The van der Waals surface area contributed by atoms with Crippen molar-refractivity contribution in [2.24, 2.45) is 0 Å². The third-order valence-corrected chi connectivity index (χ3v) is 3.84. The molecule has 106 valence electrons. The standard InChI is InChI=1S/C18H14N4/c19-18-16(10-20-11-22-18)13-6-4-12(5-7-13)15-3-1-2-14-8-9-21-17(14)15/h1-11,21H,(H2,19,20,22). The molecule has 4 nitrogen and oxygen atoms in total. The molecule has 3 N–H and O–H groups in total. The molecule has 4 aromatic rings. The molecule has 0 atom stereocenters. The number of nitrogen functional groups attached to an aromatic ring is 1. The topological polar surface area (TPSA) is 67.6 Å². The third kappa shape index (κ3) is 2.02. The minimum atomic E-state index is 0.495. The molecular weight excluding hydrogens is 272 g/mol. The van der Waals surface area contributed by atoms with Gasteiger partial charge in [0.2, 0.25) is 0 Å². The van der Waals surface area contributed by atoms with Crippen molar-refractivity contribution in [3.8, 4) is 22.3 Å². The Morgan fingerprint density at radius 3 is 2.41 bits per heavy atom. The number of anilines is 1. The van der Waals surface area contributed by atoms with Crippen molar-refractivity contribution < 1.29 is 0 Å². The third-order valence-electron chi connectivity index (χ3n) is 3.84. The van der Waals surface area contributed by atoms with Crippen LogP contribution in [0.5, 0.6) is 0 Å². The van der Waals surface area contributed by atoms with Crippen LogP contribution < -0.4 is 5.73 Å². The highest BCUT2D eigenvalue weighted by Crippen LogP contribution is 2.30. The van der Waals surface area contributed by atoms with E-state index in [0.29, 0.717) is 5.82 Å². The summed E-state index contributed by atoms with van der Waals surface area (Å²) in [7, 11) is 0. The molecule has 0 radical (unpaired) electrons. The molecule has 0 aliphatic rings. The van der Waals surface area contributed by atoms with E-state index >= 15 is 0 Å². The van der Waals surface area contributed by atoms with Crippen LogP contribution >= 0.6 is 0 Å². The molecule has 0 unspecified atom stereocenters. The lowest BCUT2D eigenvalue weighted by atomic mass is 10.00. The van der Waals surface area contributed by atoms with Gasteiger partial charge in [-0.2, -0.15) is 0 Å². The first-order valence-electron chi connectivity index (χ1n) is 7.05. The zero-order valence-corrected chi connectivity index (χ0v) is 11.8. The first kappa shape index (κ1) is 12.6. The number of nitrogens with two attached hydrogens (primary N) is 1. The maximum absolute atomic E-state index is 5.91. The second-order valence-corrected chi connectivity index (χ2v) is 5.15. The van der Waals surface area contributed by atoms with E-state index < -0.39 is 0 Å². The molecule has 0 spiro atoms. The van der Waals surface area contributed by atoms with E-state index in [1.807, 2.05) is 18.3 Å². The van der Waals surface area contributed by atoms with Crippen LogP contribution in [0.4, 0.5) is 5.82 Å². The van der Waals surface area contributed by atoms with Crippen LogP contribution in [0.15, 0.2) is 67.3 Å². The Hall–Kier alpha value is -3.14. The Morgan fingerprint density at radius 2 is 1.64 bits per heavy atom. The van der Waals surface area contributed by atoms with Crippen LogP contribution in [0.1, 0.15) is 0 Å². The van der Waals surface area contributed by atoms with Crippen molar-refractivity contribution in [1.82, 2.24) is 15.0 Å². The number of nitrogens with zero attached hydrogens (tertiary/aromatic N) is 2. The fourth-order valence-electron chi connectivity index (χ4n) is 2.72. The normalized spacial score (nSPS) is 10.9. The summed E-state index contributed by atoms with van der Waals surface area (Å²) >= 11 is 0. The van der Waals surface area contributed by atoms with Crippen molar-refractivity contribution in [2.75, 3.05) is 5.73 Å². The highest BCUT2D eigenvalue weighted by Gasteiger charge is 2.07. The number of H-pyrrole nitrogens is 1. The fourth-order valence-corrected chi connectivity index (χ4v) is 2.72. The van der Waals surface area contributed by atoms with Crippen LogP contribution in [0, 0.1) is 0 Å². The largest absolute Gasteiger partial charge is 0.383 e. The van der Waals surface area contributed by atoms with E-state index in [4.69, 9.17) is 5.73 Å². The Bertz CT molecular complexity index is 939. The monoisotopic (exact) mass is 286 g/mol. The molecule has 22 heavy (non-hydrogen) atoms. The lowest BCUT2D eigenvalue weighted by Gasteiger charge is -2.07. The summed E-state index contributed by atoms with van der Waals surface area (Å²) in [5, 5.41) is 1.21. The second kappa shape index (κ2) is 5.00. The predicted octanol–water partition coefficient (Wildman–Crippen LogP) is 3.87. The fraction of sp³-hybridized carbons (Fsp3) is 0. The van der Waals surface area contributed by atoms with Gasteiger partial charge < -0.3 is 10.7 Å². The number of aromatic nitrogens is 3. The Labute approximate surface area is 127 Å². The molecule has 0 aliphatic heterocycles. The van der Waals surface area contributed by atoms with Gasteiger partial charge in [-0.25, -0.2) is 9.97 Å². The van der Waals surface area contributed by atoms with Crippen molar-refractivity contribution in [3.05, 3.63) is 67.3 Å². The highest BCUT2D eigenvalue weighted by molar-refractivity contribution is 5.94. The van der Waals surface area contributed by atoms with Gasteiger partial charge in [-0.3, -0.25) is 0 Å². The number of rotatable bonds is 2. The molecule has 4 rings (SSSR count). The van der Waals surface area contributed by atoms with Crippen LogP contribution in [0.3, 0.4) is 0 Å². The smallest absolute Gasteiger partial charge is 0.134 e. The summed E-state index contributed by atoms with van der Waals surface area (Å²) in [6.07, 6.45) is 5.16. The summed E-state index contributed by atoms with van der Waals surface area (Å²) in [6, 6.07) is 16.7. The number of fused-ring (bicyclic) bond motifs is 1. The minimum absolute atomic E-state index is 0.495. The van der Waals surface area contributed by atoms with Crippen LogP contribution in [0.25, 0.3) is 33.2 Å². The minimum Gasteiger partial charge on any atom is -0.383 e. The Morgan fingerprint density at radius 1 is 0.864 bits per heavy atom. The molecule has 0 saturated carbocycles. The molecule has 0 aliphatic carbocycles. The second-order valence-electron chi connectivity index (χ2n) is 5.15. The maximum atomic E-state index is 5.91. The summed E-state index contributed by atoms with van der Waals surface area (Å²) in [5.41, 5.74) is 11.3. The summed E-state index contributed by atoms with van der Waals surface area (Å²) in [5.74, 6) is 0.495. The number of aromatic amines is 1. The molecule has 2 heterocycles. The zero-order valence-electron chi connectivity index (χ0n) is 11.8. The lowest BCUT2D eigenvalue weighted by molar-refractivity contribution is 1.18. The molecular formula is C18H14N4. The number of nitrogens with one attached hydrogen (secondary N) is 1. The van der Waals surface area contributed by atoms with E-state index in [-0.39, 0.29) is 0 Å². The van der Waals surface area contributed by atoms with Gasteiger partial charge in [0.15, 0.2) is 0 Å². The van der Waals surface area contributed by atoms with E-state index in [1.54, 1.807) is 6.20 Å². The summed E-state index contributed by atoms with van der Waals surface area (Å²) < 4.78 is 0. The predicted molar refractivity (Wildman–Crippen MR) is 89.2 cm³/mol. The van der Waals surface area contributed by atoms with Gasteiger partial charge in [0.05, 0.1) is 5.52 Å². The molecule has 0 amide bonds. The van der Waals surface area contributed by atoms with Gasteiger partial charge in [-0.1, -0.05) is 42.5 Å². The average molecular weight is 286 g/mol. The number of benzene rings is 2. The quantitative estimate of drug-likeness (QED) is 0.587. The van der Waals surface area contributed by atoms with Crippen LogP contribution in [0.2, 0.25) is 0 Å². The van der Waals surface area contributed by atoms with Gasteiger partial charge in [-0.15, -0.1) is 0 Å². The van der Waals surface area contributed by atoms with E-state index in [9.17, 15) is 0 Å². The van der Waals surface area contributed by atoms with Gasteiger partial charge in [-0.05, 0) is 22.6 Å². The van der Waals surface area contributed by atoms with E-state index in [0.717, 1.165) is 22.2 Å². The van der Waals surface area contributed by atoms with Gasteiger partial charge in [0.1, 0.15) is 12.1 Å². The molecule has 2 aromatic heterocycles. The molecule has 0 saturated heterocycles. The SMILES string of the molecule is Nc1ncncc1-c1ccc(-c2cccc3cc[nH]c23)cc1. The lowest BCUT2D eigenvalue weighted by Crippen LogP contribution is -1.94.